The largest absolute Gasteiger partial charge is 0.438 e. The van der Waals surface area contributed by atoms with Crippen LogP contribution in [-0.2, 0) is 11.0 Å². The molecule has 1 saturated carbocycles. The van der Waals surface area contributed by atoms with Gasteiger partial charge >= 0.3 is 11.9 Å². The number of amides is 2. The highest BCUT2D eigenvalue weighted by Gasteiger charge is 2.36. The molecule has 2 aromatic rings. The lowest BCUT2D eigenvalue weighted by molar-refractivity contribution is -0.137. The number of carbonyl (C=O) groups excluding carboxylic acids is 2. The van der Waals surface area contributed by atoms with Crippen molar-refractivity contribution >= 4 is 11.8 Å². The highest BCUT2D eigenvalue weighted by Crippen LogP contribution is 2.34. The maximum absolute atomic E-state index is 12.8. The first kappa shape index (κ1) is 23.0. The number of nitrogens with zero attached hydrogens (tertiary/aromatic N) is 2. The fourth-order valence-corrected chi connectivity index (χ4v) is 4.41. The van der Waals surface area contributed by atoms with E-state index in [4.69, 9.17) is 0 Å². The summed E-state index contributed by atoms with van der Waals surface area (Å²) < 4.78 is 42.9. The summed E-state index contributed by atoms with van der Waals surface area (Å²) in [5, 5.41) is 8.95. The van der Waals surface area contributed by atoms with Crippen molar-refractivity contribution in [3.05, 3.63) is 51.8 Å². The number of halogens is 3. The Balaban J connectivity index is 1.16. The average molecular weight is 467 g/mol. The van der Waals surface area contributed by atoms with Gasteiger partial charge in [-0.25, -0.2) is 4.79 Å². The van der Waals surface area contributed by atoms with Gasteiger partial charge in [-0.2, -0.15) is 13.2 Å². The van der Waals surface area contributed by atoms with Crippen molar-refractivity contribution in [3.63, 3.8) is 0 Å². The molecule has 1 saturated heterocycles. The van der Waals surface area contributed by atoms with Gasteiger partial charge in [-0.15, -0.1) is 0 Å². The summed E-state index contributed by atoms with van der Waals surface area (Å²) in [5.41, 5.74) is -1.07. The summed E-state index contributed by atoms with van der Waals surface area (Å²) in [4.78, 5) is 40.2. The van der Waals surface area contributed by atoms with E-state index in [-0.39, 0.29) is 24.1 Å². The van der Waals surface area contributed by atoms with Crippen LogP contribution in [0.4, 0.5) is 13.2 Å². The third kappa shape index (κ3) is 5.62. The lowest BCUT2D eigenvalue weighted by Gasteiger charge is -2.46. The maximum atomic E-state index is 12.8. The molecule has 0 bridgehead atoms. The highest BCUT2D eigenvalue weighted by atomic mass is 19.4. The molecule has 178 valence electrons. The van der Waals surface area contributed by atoms with Crippen molar-refractivity contribution in [2.75, 3.05) is 19.6 Å². The van der Waals surface area contributed by atoms with Crippen molar-refractivity contribution in [2.45, 2.75) is 49.9 Å². The number of carbonyl (C=O) groups is 2. The maximum Gasteiger partial charge on any atom is 0.438 e. The van der Waals surface area contributed by atoms with Gasteiger partial charge in [-0.3, -0.25) is 24.0 Å². The Hall–Kier alpha value is -3.15. The Kier molecular flexibility index (Phi) is 6.54. The lowest BCUT2D eigenvalue weighted by atomic mass is 9.83. The first-order valence-electron chi connectivity index (χ1n) is 10.7. The van der Waals surface area contributed by atoms with E-state index in [1.54, 1.807) is 0 Å². The summed E-state index contributed by atoms with van der Waals surface area (Å²) >= 11 is 0. The zero-order chi connectivity index (χ0) is 23.6. The van der Waals surface area contributed by atoms with E-state index < -0.39 is 29.3 Å². The molecule has 0 radical (unpaired) electrons. The Labute approximate surface area is 186 Å². The van der Waals surface area contributed by atoms with Crippen molar-refractivity contribution in [3.8, 4) is 0 Å². The molecule has 1 aromatic carbocycles. The van der Waals surface area contributed by atoms with E-state index in [0.29, 0.717) is 25.0 Å². The Morgan fingerprint density at radius 1 is 1.18 bits per heavy atom. The molecule has 0 unspecified atom stereocenters. The van der Waals surface area contributed by atoms with Gasteiger partial charge in [0.25, 0.3) is 5.91 Å². The Morgan fingerprint density at radius 2 is 1.91 bits per heavy atom. The number of hydrogen-bond donors (Lipinski definition) is 3. The quantitative estimate of drug-likeness (QED) is 0.594. The van der Waals surface area contributed by atoms with Crippen LogP contribution in [-0.4, -0.2) is 58.6 Å². The van der Waals surface area contributed by atoms with Gasteiger partial charge in [-0.1, -0.05) is 11.2 Å². The van der Waals surface area contributed by atoms with Gasteiger partial charge in [0.1, 0.15) is 0 Å². The second-order valence-electron chi connectivity index (χ2n) is 8.47. The minimum absolute atomic E-state index is 0.0346. The third-order valence-corrected chi connectivity index (χ3v) is 6.19. The number of benzene rings is 1. The number of aromatic nitrogens is 2. The van der Waals surface area contributed by atoms with Crippen LogP contribution in [0.15, 0.2) is 33.6 Å². The molecule has 2 fully saturated rings. The van der Waals surface area contributed by atoms with E-state index in [1.807, 2.05) is 0 Å². The molecule has 33 heavy (non-hydrogen) atoms. The number of alkyl halides is 3. The van der Waals surface area contributed by atoms with Crippen molar-refractivity contribution < 1.29 is 27.3 Å². The van der Waals surface area contributed by atoms with Crippen LogP contribution in [0.25, 0.3) is 0 Å². The number of aromatic amines is 1. The molecule has 1 aliphatic carbocycles. The zero-order valence-corrected chi connectivity index (χ0v) is 17.7. The average Bonchev–Trinajstić information content (AvgIpc) is 3.20. The van der Waals surface area contributed by atoms with Crippen LogP contribution in [0.2, 0.25) is 0 Å². The van der Waals surface area contributed by atoms with Crippen molar-refractivity contribution in [1.29, 1.82) is 0 Å². The molecule has 3 N–H and O–H groups in total. The third-order valence-electron chi connectivity index (χ3n) is 6.19. The molecular formula is C21H24F3N5O4. The topological polar surface area (TPSA) is 120 Å². The second kappa shape index (κ2) is 9.38. The molecule has 2 aliphatic rings. The molecule has 9 nitrogen and oxygen atoms in total. The van der Waals surface area contributed by atoms with Crippen molar-refractivity contribution in [1.82, 2.24) is 25.7 Å². The summed E-state index contributed by atoms with van der Waals surface area (Å²) in [5.74, 6) is -0.890. The van der Waals surface area contributed by atoms with E-state index in [2.05, 4.69) is 30.2 Å². The molecule has 2 heterocycles. The molecule has 1 aromatic heterocycles. The summed E-state index contributed by atoms with van der Waals surface area (Å²) in [6, 6.07) is 4.42. The fourth-order valence-electron chi connectivity index (χ4n) is 4.41. The van der Waals surface area contributed by atoms with E-state index in [0.717, 1.165) is 43.9 Å². The van der Waals surface area contributed by atoms with Crippen molar-refractivity contribution in [2.24, 2.45) is 0 Å². The second-order valence-corrected chi connectivity index (χ2v) is 8.47. The molecule has 2 amide bonds. The molecule has 12 heteroatoms. The standard InChI is InChI=1S/C21H24F3N5O4/c22-21(23,24)14-3-1-2-13(8-14)19(31)25-9-17(30)26-15-10-29(11-15)16-6-4-12(5-7-16)18-27-20(32)33-28-18/h1-3,8,12,15-16H,4-7,9-11H2,(H,25,31)(H,26,30)(H,27,28,32). The summed E-state index contributed by atoms with van der Waals surface area (Å²) in [6.07, 6.45) is -0.858. The smallest absolute Gasteiger partial charge is 0.349 e. The normalized spacial score (nSPS) is 21.9. The van der Waals surface area contributed by atoms with Gasteiger partial charge in [0, 0.05) is 30.6 Å². The van der Waals surface area contributed by atoms with Crippen LogP contribution in [0, 0.1) is 0 Å². The molecule has 0 spiro atoms. The van der Waals surface area contributed by atoms with Crippen LogP contribution in [0.3, 0.4) is 0 Å². The van der Waals surface area contributed by atoms with E-state index in [1.165, 1.54) is 6.07 Å². The van der Waals surface area contributed by atoms with Gasteiger partial charge in [0.15, 0.2) is 5.82 Å². The van der Waals surface area contributed by atoms with Gasteiger partial charge in [0.2, 0.25) is 5.91 Å². The predicted molar refractivity (Wildman–Crippen MR) is 109 cm³/mol. The van der Waals surface area contributed by atoms with Crippen LogP contribution in [0.1, 0.15) is 53.3 Å². The van der Waals surface area contributed by atoms with Gasteiger partial charge in [-0.05, 0) is 43.9 Å². The predicted octanol–water partition coefficient (Wildman–Crippen LogP) is 1.64. The summed E-state index contributed by atoms with van der Waals surface area (Å²) in [6.45, 7) is 1.08. The number of H-pyrrole nitrogens is 1. The SMILES string of the molecule is O=C(CNC(=O)c1cccc(C(F)(F)F)c1)NC1CN(C2CCC(c3noc(=O)[nH]3)CC2)C1. The van der Waals surface area contributed by atoms with E-state index in [9.17, 15) is 27.6 Å². The monoisotopic (exact) mass is 467 g/mol. The van der Waals surface area contributed by atoms with Crippen LogP contribution in [0.5, 0.6) is 0 Å². The minimum atomic E-state index is -4.54. The number of nitrogens with one attached hydrogen (secondary N) is 3. The van der Waals surface area contributed by atoms with Gasteiger partial charge < -0.3 is 10.6 Å². The van der Waals surface area contributed by atoms with Gasteiger partial charge in [0.05, 0.1) is 18.2 Å². The highest BCUT2D eigenvalue weighted by molar-refractivity contribution is 5.96. The Morgan fingerprint density at radius 3 is 2.55 bits per heavy atom. The summed E-state index contributed by atoms with van der Waals surface area (Å²) in [7, 11) is 0. The Bertz CT molecular complexity index is 1050. The molecule has 0 atom stereocenters. The van der Waals surface area contributed by atoms with Crippen LogP contribution >= 0.6 is 0 Å². The zero-order valence-electron chi connectivity index (χ0n) is 17.7. The lowest BCUT2D eigenvalue weighted by Crippen LogP contribution is -2.63. The first-order chi connectivity index (χ1) is 15.7. The number of likely N-dealkylation sites (tertiary alicyclic amines) is 1. The number of hydrogen-bond acceptors (Lipinski definition) is 6. The first-order valence-corrected chi connectivity index (χ1v) is 10.7. The van der Waals surface area contributed by atoms with E-state index >= 15 is 0 Å². The minimum Gasteiger partial charge on any atom is -0.349 e. The molecule has 1 aliphatic heterocycles. The number of rotatable bonds is 6. The molecule has 4 rings (SSSR count). The van der Waals surface area contributed by atoms with Crippen LogP contribution < -0.4 is 16.4 Å². The molecular weight excluding hydrogens is 443 g/mol. The fraction of sp³-hybridized carbons (Fsp3) is 0.524.